The average molecular weight is 559 g/mol. The van der Waals surface area contributed by atoms with Crippen LogP contribution in [0.1, 0.15) is 32.5 Å². The first-order valence-electron chi connectivity index (χ1n) is 13.1. The van der Waals surface area contributed by atoms with Crippen LogP contribution >= 0.6 is 11.3 Å². The molecule has 1 unspecified atom stereocenters. The normalized spacial score (nSPS) is 14.9. The van der Waals surface area contributed by atoms with Crippen LogP contribution in [0.5, 0.6) is 11.5 Å². The Kier molecular flexibility index (Phi) is 6.95. The number of aromatic nitrogens is 1. The molecule has 0 fully saturated rings. The second-order valence-corrected chi connectivity index (χ2v) is 10.8. The maximum Gasteiger partial charge on any atom is 0.294 e. The predicted molar refractivity (Wildman–Crippen MR) is 161 cm³/mol. The zero-order valence-electron chi connectivity index (χ0n) is 22.4. The first-order chi connectivity index (χ1) is 19.9. The predicted octanol–water partition coefficient (Wildman–Crippen LogP) is 8.00. The van der Waals surface area contributed by atoms with Gasteiger partial charge in [-0.25, -0.2) is 4.98 Å². The van der Waals surface area contributed by atoms with E-state index in [9.17, 15) is 14.7 Å². The molecule has 4 aromatic carbocycles. The topological polar surface area (TPSA) is 79.7 Å². The molecule has 6 nitrogen and oxygen atoms in total. The minimum atomic E-state index is -0.822. The van der Waals surface area contributed by atoms with Gasteiger partial charge in [-0.1, -0.05) is 78.4 Å². The Morgan fingerprint density at radius 1 is 0.854 bits per heavy atom. The zero-order valence-corrected chi connectivity index (χ0v) is 23.3. The lowest BCUT2D eigenvalue weighted by atomic mass is 9.94. The van der Waals surface area contributed by atoms with Crippen LogP contribution in [0.25, 0.3) is 10.6 Å². The van der Waals surface area contributed by atoms with Gasteiger partial charge in [0.2, 0.25) is 5.78 Å². The molecule has 0 aliphatic carbocycles. The molecule has 5 aromatic rings. The minimum absolute atomic E-state index is 0.0385. The summed E-state index contributed by atoms with van der Waals surface area (Å²) in [7, 11) is 0. The van der Waals surface area contributed by atoms with Gasteiger partial charge in [0.05, 0.1) is 22.2 Å². The number of carbonyl (C=O) groups is 2. The first-order valence-corrected chi connectivity index (χ1v) is 14.0. The Hall–Kier alpha value is -5.01. The molecule has 202 valence electrons. The summed E-state index contributed by atoms with van der Waals surface area (Å²) in [6, 6.07) is 32.9. The van der Waals surface area contributed by atoms with Crippen LogP contribution in [-0.2, 0) is 4.79 Å². The molecule has 1 N–H and O–H groups in total. The van der Waals surface area contributed by atoms with Crippen LogP contribution in [0.15, 0.2) is 121 Å². The van der Waals surface area contributed by atoms with E-state index < -0.39 is 23.5 Å². The number of hydrogen-bond acceptors (Lipinski definition) is 6. The van der Waals surface area contributed by atoms with Crippen molar-refractivity contribution in [1.29, 1.82) is 0 Å². The Morgan fingerprint density at radius 3 is 2.20 bits per heavy atom. The van der Waals surface area contributed by atoms with Crippen LogP contribution in [0.3, 0.4) is 0 Å². The third-order valence-corrected chi connectivity index (χ3v) is 8.13. The molecule has 1 aliphatic rings. The van der Waals surface area contributed by atoms with E-state index in [0.29, 0.717) is 32.8 Å². The van der Waals surface area contributed by atoms with E-state index >= 15 is 0 Å². The molecule has 6 rings (SSSR count). The number of benzene rings is 4. The van der Waals surface area contributed by atoms with Crippen LogP contribution in [0.4, 0.5) is 5.69 Å². The number of aliphatic hydroxyl groups is 1. The van der Waals surface area contributed by atoms with Crippen molar-refractivity contribution in [2.75, 3.05) is 4.90 Å². The van der Waals surface area contributed by atoms with Crippen molar-refractivity contribution in [3.63, 3.8) is 0 Å². The highest BCUT2D eigenvalue weighted by Crippen LogP contribution is 2.44. The summed E-state index contributed by atoms with van der Waals surface area (Å²) in [5.74, 6) is -0.314. The van der Waals surface area contributed by atoms with E-state index in [1.807, 2.05) is 91.9 Å². The quantitative estimate of drug-likeness (QED) is 0.205. The van der Waals surface area contributed by atoms with Crippen LogP contribution in [-0.4, -0.2) is 21.8 Å². The van der Waals surface area contributed by atoms with Crippen LogP contribution < -0.4 is 9.64 Å². The van der Waals surface area contributed by atoms with Gasteiger partial charge in [0.15, 0.2) is 5.76 Å². The van der Waals surface area contributed by atoms with Crippen LogP contribution in [0.2, 0.25) is 0 Å². The molecule has 0 saturated heterocycles. The van der Waals surface area contributed by atoms with E-state index in [2.05, 4.69) is 4.98 Å². The summed E-state index contributed by atoms with van der Waals surface area (Å²) in [5.41, 5.74) is 3.71. The maximum absolute atomic E-state index is 14.1. The van der Waals surface area contributed by atoms with Crippen molar-refractivity contribution in [3.05, 3.63) is 142 Å². The van der Waals surface area contributed by atoms with Crippen molar-refractivity contribution >= 4 is 28.7 Å². The molecule has 1 aliphatic heterocycles. The molecule has 2 heterocycles. The SMILES string of the molecule is Cc1cccc(C2C(C(=O)c3sc(-c4ccccc4)nc3C)=C(O)C(=O)N2c2ccc(Oc3ccccc3)cc2)c1. The number of anilines is 1. The number of carbonyl (C=O) groups excluding carboxylic acids is 2. The second kappa shape index (κ2) is 10.9. The van der Waals surface area contributed by atoms with Gasteiger partial charge in [-0.2, -0.15) is 0 Å². The third-order valence-electron chi connectivity index (χ3n) is 6.93. The number of para-hydroxylation sites is 1. The van der Waals surface area contributed by atoms with Gasteiger partial charge in [0, 0.05) is 11.3 Å². The number of aryl methyl sites for hydroxylation is 2. The summed E-state index contributed by atoms with van der Waals surface area (Å²) in [6.45, 7) is 3.72. The Labute approximate surface area is 241 Å². The van der Waals surface area contributed by atoms with Crippen molar-refractivity contribution in [2.45, 2.75) is 19.9 Å². The van der Waals surface area contributed by atoms with Crippen molar-refractivity contribution in [3.8, 4) is 22.1 Å². The van der Waals surface area contributed by atoms with E-state index in [0.717, 1.165) is 16.7 Å². The number of Topliss-reactive ketones (excluding diaryl/α,β-unsaturated/α-hetero) is 1. The fraction of sp³-hybridized carbons (Fsp3) is 0.0882. The fourth-order valence-electron chi connectivity index (χ4n) is 4.99. The van der Waals surface area contributed by atoms with E-state index in [1.54, 1.807) is 31.2 Å². The Bertz CT molecular complexity index is 1780. The van der Waals surface area contributed by atoms with Crippen molar-refractivity contribution in [1.82, 2.24) is 4.98 Å². The number of hydrogen-bond donors (Lipinski definition) is 1. The molecule has 41 heavy (non-hydrogen) atoms. The van der Waals surface area contributed by atoms with Gasteiger partial charge < -0.3 is 9.84 Å². The highest BCUT2D eigenvalue weighted by molar-refractivity contribution is 7.17. The van der Waals surface area contributed by atoms with Crippen molar-refractivity contribution < 1.29 is 19.4 Å². The summed E-state index contributed by atoms with van der Waals surface area (Å²) in [4.78, 5) is 34.3. The van der Waals surface area contributed by atoms with Crippen molar-refractivity contribution in [2.24, 2.45) is 0 Å². The zero-order chi connectivity index (χ0) is 28.5. The van der Waals surface area contributed by atoms with Gasteiger partial charge in [0.1, 0.15) is 16.5 Å². The fourth-order valence-corrected chi connectivity index (χ4v) is 6.02. The standard InChI is InChI=1S/C34H26N2O4S/c1-21-10-9-13-24(20-21)29-28(30(37)32-22(2)35-33(41-32)23-11-5-3-6-12-23)31(38)34(39)36(29)25-16-18-27(19-17-25)40-26-14-7-4-8-15-26/h3-20,29,38H,1-2H3. The highest BCUT2D eigenvalue weighted by atomic mass is 32.1. The van der Waals surface area contributed by atoms with E-state index in [-0.39, 0.29) is 5.57 Å². The lowest BCUT2D eigenvalue weighted by molar-refractivity contribution is -0.117. The molecule has 0 saturated carbocycles. The van der Waals surface area contributed by atoms with Gasteiger partial charge in [-0.05, 0) is 55.8 Å². The number of rotatable bonds is 7. The number of nitrogens with zero attached hydrogens (tertiary/aromatic N) is 2. The number of thiazole rings is 1. The average Bonchev–Trinajstić information content (AvgIpc) is 3.51. The molecule has 7 heteroatoms. The van der Waals surface area contributed by atoms with E-state index in [4.69, 9.17) is 4.74 Å². The first kappa shape index (κ1) is 26.2. The highest BCUT2D eigenvalue weighted by Gasteiger charge is 2.45. The molecule has 1 atom stereocenters. The Morgan fingerprint density at radius 2 is 1.51 bits per heavy atom. The van der Waals surface area contributed by atoms with Gasteiger partial charge in [0.25, 0.3) is 5.91 Å². The van der Waals surface area contributed by atoms with Crippen LogP contribution in [0, 0.1) is 13.8 Å². The lowest BCUT2D eigenvalue weighted by Gasteiger charge is -2.27. The van der Waals surface area contributed by atoms with Gasteiger partial charge in [-0.3, -0.25) is 14.5 Å². The Balaban J connectivity index is 1.39. The largest absolute Gasteiger partial charge is 0.503 e. The second-order valence-electron chi connectivity index (χ2n) is 9.79. The monoisotopic (exact) mass is 558 g/mol. The van der Waals surface area contributed by atoms with E-state index in [1.165, 1.54) is 16.2 Å². The molecule has 0 radical (unpaired) electrons. The summed E-state index contributed by atoms with van der Waals surface area (Å²) >= 11 is 1.26. The number of ether oxygens (including phenoxy) is 1. The third kappa shape index (κ3) is 5.03. The molecule has 0 bridgehead atoms. The maximum atomic E-state index is 14.1. The summed E-state index contributed by atoms with van der Waals surface area (Å²) < 4.78 is 5.92. The molecule has 1 aromatic heterocycles. The minimum Gasteiger partial charge on any atom is -0.503 e. The lowest BCUT2D eigenvalue weighted by Crippen LogP contribution is -2.31. The summed E-state index contributed by atoms with van der Waals surface area (Å²) in [6.07, 6.45) is 0. The smallest absolute Gasteiger partial charge is 0.294 e. The molecular weight excluding hydrogens is 532 g/mol. The number of amides is 1. The molecular formula is C34H26N2O4S. The number of ketones is 1. The summed E-state index contributed by atoms with van der Waals surface area (Å²) in [5, 5.41) is 11.9. The molecule has 0 spiro atoms. The number of aliphatic hydroxyl groups excluding tert-OH is 1. The van der Waals surface area contributed by atoms with Gasteiger partial charge in [-0.15, -0.1) is 11.3 Å². The van der Waals surface area contributed by atoms with Gasteiger partial charge >= 0.3 is 0 Å². The molecule has 1 amide bonds.